The van der Waals surface area contributed by atoms with Crippen molar-refractivity contribution in [1.82, 2.24) is 0 Å². The first-order valence-electron chi connectivity index (χ1n) is 9.98. The molecule has 1 fully saturated rings. The van der Waals surface area contributed by atoms with Gasteiger partial charge in [-0.1, -0.05) is 74.0 Å². The van der Waals surface area contributed by atoms with Crippen LogP contribution in [-0.2, 0) is 9.59 Å². The van der Waals surface area contributed by atoms with Crippen molar-refractivity contribution in [1.29, 1.82) is 0 Å². The molecule has 2 aromatic rings. The molecule has 5 nitrogen and oxygen atoms in total. The molecule has 1 aliphatic carbocycles. The molecule has 1 amide bonds. The fourth-order valence-electron chi connectivity index (χ4n) is 3.56. The molecule has 1 aliphatic heterocycles. The third-order valence-electron chi connectivity index (χ3n) is 5.02. The number of aliphatic imine (C=N–C) groups is 1. The lowest BCUT2D eigenvalue weighted by Crippen LogP contribution is -2.34. The van der Waals surface area contributed by atoms with Gasteiger partial charge in [0.1, 0.15) is 6.54 Å². The number of benzodiazepines with no additional fused rings is 1. The van der Waals surface area contributed by atoms with Crippen LogP contribution in [0.1, 0.15) is 49.7 Å². The summed E-state index contributed by atoms with van der Waals surface area (Å²) in [4.78, 5) is 29.3. The van der Waals surface area contributed by atoms with Crippen LogP contribution in [0.25, 0.3) is 0 Å². The Morgan fingerprint density at radius 2 is 1.69 bits per heavy atom. The monoisotopic (exact) mass is 412 g/mol. The van der Waals surface area contributed by atoms with Crippen molar-refractivity contribution in [3.05, 3.63) is 64.7 Å². The van der Waals surface area contributed by atoms with Gasteiger partial charge in [0.15, 0.2) is 0 Å². The second-order valence-electron chi connectivity index (χ2n) is 7.15. The van der Waals surface area contributed by atoms with Crippen LogP contribution in [0.2, 0.25) is 5.02 Å². The second kappa shape index (κ2) is 10.2. The smallest absolute Gasteiger partial charge is 0.305 e. The maximum Gasteiger partial charge on any atom is 0.305 e. The van der Waals surface area contributed by atoms with E-state index in [1.165, 1.54) is 37.0 Å². The number of carbonyl (C=O) groups is 2. The van der Waals surface area contributed by atoms with Gasteiger partial charge in [0.05, 0.1) is 17.8 Å². The topological polar surface area (TPSA) is 70.0 Å². The summed E-state index contributed by atoms with van der Waals surface area (Å²) in [6.45, 7) is 0.0660. The van der Waals surface area contributed by atoms with Crippen LogP contribution >= 0.6 is 11.6 Å². The largest absolute Gasteiger partial charge is 0.481 e. The molecule has 0 atom stereocenters. The summed E-state index contributed by atoms with van der Waals surface area (Å²) in [5, 5.41) is 9.47. The van der Waals surface area contributed by atoms with E-state index in [-0.39, 0.29) is 25.4 Å². The zero-order valence-electron chi connectivity index (χ0n) is 16.3. The van der Waals surface area contributed by atoms with Crippen LogP contribution in [-0.4, -0.2) is 35.8 Å². The van der Waals surface area contributed by atoms with Gasteiger partial charge < -0.3 is 10.0 Å². The van der Waals surface area contributed by atoms with Gasteiger partial charge in [-0.05, 0) is 18.2 Å². The summed E-state index contributed by atoms with van der Waals surface area (Å²) < 4.78 is 0. The minimum Gasteiger partial charge on any atom is -0.481 e. The van der Waals surface area contributed by atoms with Crippen LogP contribution in [0.15, 0.2) is 53.5 Å². The van der Waals surface area contributed by atoms with Crippen LogP contribution in [0.5, 0.6) is 0 Å². The second-order valence-corrected chi connectivity index (χ2v) is 7.59. The first kappa shape index (κ1) is 21.1. The van der Waals surface area contributed by atoms with Gasteiger partial charge in [0.2, 0.25) is 5.91 Å². The van der Waals surface area contributed by atoms with Gasteiger partial charge in [-0.3, -0.25) is 14.6 Å². The van der Waals surface area contributed by atoms with Crippen molar-refractivity contribution < 1.29 is 14.7 Å². The molecule has 0 spiro atoms. The third kappa shape index (κ3) is 5.67. The normalized spacial score (nSPS) is 15.7. The van der Waals surface area contributed by atoms with Crippen LogP contribution in [0, 0.1) is 0 Å². The molecule has 0 aromatic heterocycles. The van der Waals surface area contributed by atoms with E-state index < -0.39 is 5.97 Å². The number of amides is 1. The molecule has 4 rings (SSSR count). The zero-order chi connectivity index (χ0) is 20.6. The average Bonchev–Trinajstić information content (AvgIpc) is 3.26. The number of hydrogen-bond donors (Lipinski definition) is 1. The van der Waals surface area contributed by atoms with Crippen molar-refractivity contribution >= 4 is 34.9 Å². The first-order valence-corrected chi connectivity index (χ1v) is 10.4. The van der Waals surface area contributed by atoms with Gasteiger partial charge in [0, 0.05) is 22.7 Å². The Hall–Kier alpha value is -2.66. The lowest BCUT2D eigenvalue weighted by atomic mass is 10.00. The van der Waals surface area contributed by atoms with Crippen molar-refractivity contribution in [2.75, 3.05) is 18.0 Å². The van der Waals surface area contributed by atoms with E-state index in [0.717, 1.165) is 11.1 Å². The summed E-state index contributed by atoms with van der Waals surface area (Å²) in [6.07, 6.45) is 7.37. The SMILES string of the molecule is C1CCCC1.O=C(O)CCN1C(=O)CN=C(c2ccccc2)c2cc(Cl)ccc21. The van der Waals surface area contributed by atoms with E-state index in [0.29, 0.717) is 16.4 Å². The van der Waals surface area contributed by atoms with Gasteiger partial charge in [-0.15, -0.1) is 0 Å². The molecule has 1 N–H and O–H groups in total. The first-order chi connectivity index (χ1) is 14.1. The lowest BCUT2D eigenvalue weighted by molar-refractivity contribution is -0.136. The number of halogens is 1. The van der Waals surface area contributed by atoms with E-state index >= 15 is 0 Å². The quantitative estimate of drug-likeness (QED) is 0.772. The van der Waals surface area contributed by atoms with Crippen LogP contribution in [0.3, 0.4) is 0 Å². The number of fused-ring (bicyclic) bond motifs is 1. The third-order valence-corrected chi connectivity index (χ3v) is 5.26. The molecule has 0 saturated heterocycles. The predicted molar refractivity (Wildman–Crippen MR) is 116 cm³/mol. The number of hydrogen-bond acceptors (Lipinski definition) is 3. The summed E-state index contributed by atoms with van der Waals surface area (Å²) in [5.74, 6) is -1.18. The average molecular weight is 413 g/mol. The number of anilines is 1. The number of carboxylic acids is 1. The highest BCUT2D eigenvalue weighted by atomic mass is 35.5. The highest BCUT2D eigenvalue weighted by molar-refractivity contribution is 6.32. The maximum absolute atomic E-state index is 12.4. The number of aliphatic carboxylic acids is 1. The molecule has 152 valence electrons. The molecular weight excluding hydrogens is 388 g/mol. The zero-order valence-corrected chi connectivity index (χ0v) is 17.1. The summed E-state index contributed by atoms with van der Waals surface area (Å²) in [7, 11) is 0. The van der Waals surface area contributed by atoms with E-state index in [9.17, 15) is 9.59 Å². The molecule has 0 unspecified atom stereocenters. The van der Waals surface area contributed by atoms with E-state index in [4.69, 9.17) is 16.7 Å². The minimum atomic E-state index is -0.952. The summed E-state index contributed by atoms with van der Waals surface area (Å²) in [5.41, 5.74) is 2.92. The number of carboxylic acid groups (broad SMARTS) is 1. The Morgan fingerprint density at radius 1 is 1.03 bits per heavy atom. The Morgan fingerprint density at radius 3 is 2.31 bits per heavy atom. The number of benzene rings is 2. The Balaban J connectivity index is 0.000000419. The number of rotatable bonds is 4. The number of carbonyl (C=O) groups excluding carboxylic acids is 1. The van der Waals surface area contributed by atoms with Crippen molar-refractivity contribution in [3.63, 3.8) is 0 Å². The molecular formula is C23H25ClN2O3. The van der Waals surface area contributed by atoms with Gasteiger partial charge in [0.25, 0.3) is 0 Å². The molecule has 2 aromatic carbocycles. The molecule has 1 heterocycles. The van der Waals surface area contributed by atoms with Crippen LogP contribution < -0.4 is 4.90 Å². The Labute approximate surface area is 176 Å². The van der Waals surface area contributed by atoms with Crippen molar-refractivity contribution in [2.45, 2.75) is 38.5 Å². The fraction of sp³-hybridized carbons (Fsp3) is 0.348. The van der Waals surface area contributed by atoms with Gasteiger partial charge in [-0.2, -0.15) is 0 Å². The van der Waals surface area contributed by atoms with Gasteiger partial charge in [-0.25, -0.2) is 0 Å². The number of nitrogens with zero attached hydrogens (tertiary/aromatic N) is 2. The highest BCUT2D eigenvalue weighted by Crippen LogP contribution is 2.29. The standard InChI is InChI=1S/C18H15ClN2O3.C5H10/c19-13-6-7-15-14(10-13)18(12-4-2-1-3-5-12)20-11-16(22)21(15)9-8-17(23)24;1-2-4-5-3-1/h1-7,10H,8-9,11H2,(H,23,24);1-5H2. The molecule has 0 radical (unpaired) electrons. The molecule has 0 bridgehead atoms. The molecule has 6 heteroatoms. The summed E-state index contributed by atoms with van der Waals surface area (Å²) >= 11 is 6.14. The van der Waals surface area contributed by atoms with Crippen molar-refractivity contribution in [3.8, 4) is 0 Å². The lowest BCUT2D eigenvalue weighted by Gasteiger charge is -2.22. The fourth-order valence-corrected chi connectivity index (χ4v) is 3.74. The van der Waals surface area contributed by atoms with Crippen molar-refractivity contribution in [2.24, 2.45) is 4.99 Å². The predicted octanol–water partition coefficient (Wildman–Crippen LogP) is 4.95. The summed E-state index contributed by atoms with van der Waals surface area (Å²) in [6, 6.07) is 14.7. The molecule has 29 heavy (non-hydrogen) atoms. The van der Waals surface area contributed by atoms with E-state index in [1.54, 1.807) is 18.2 Å². The van der Waals surface area contributed by atoms with E-state index in [1.807, 2.05) is 30.3 Å². The Kier molecular flexibility index (Phi) is 7.42. The highest BCUT2D eigenvalue weighted by Gasteiger charge is 2.25. The maximum atomic E-state index is 12.4. The van der Waals surface area contributed by atoms with Gasteiger partial charge >= 0.3 is 5.97 Å². The minimum absolute atomic E-state index is 0.0316. The molecule has 2 aliphatic rings. The van der Waals surface area contributed by atoms with E-state index in [2.05, 4.69) is 4.99 Å². The molecule has 1 saturated carbocycles. The van der Waals surface area contributed by atoms with Crippen LogP contribution in [0.4, 0.5) is 5.69 Å². The Bertz CT molecular complexity index is 885.